The number of rotatable bonds is 1. The van der Waals surface area contributed by atoms with Crippen molar-refractivity contribution >= 4 is 69.1 Å². The van der Waals surface area contributed by atoms with E-state index in [1.54, 1.807) is 28.9 Å². The molecule has 5 nitrogen and oxygen atoms in total. The smallest absolute Gasteiger partial charge is 0.258 e. The molecule has 0 aliphatic carbocycles. The Hall–Kier alpha value is -0.290. The Morgan fingerprint density at radius 1 is 1.50 bits per heavy atom. The standard InChI is InChI=1S/C8H6ClI2N3O2/c9-13-8(14-11)12-7(16)4-1-2-6(15)5(10)3-4/h1-3,15H,(H2,12,13,14,16). The van der Waals surface area contributed by atoms with Crippen LogP contribution in [0, 0.1) is 3.57 Å². The average Bonchev–Trinajstić information content (AvgIpc) is 2.29. The van der Waals surface area contributed by atoms with Crippen LogP contribution in [0.3, 0.4) is 0 Å². The molecule has 0 atom stereocenters. The highest BCUT2D eigenvalue weighted by Crippen LogP contribution is 2.20. The zero-order chi connectivity index (χ0) is 12.1. The number of carbonyl (C=O) groups is 1. The fourth-order valence-corrected chi connectivity index (χ4v) is 1.89. The number of benzene rings is 1. The van der Waals surface area contributed by atoms with Crippen LogP contribution < -0.4 is 8.85 Å². The van der Waals surface area contributed by atoms with Crippen LogP contribution in [-0.4, -0.2) is 17.0 Å². The molecule has 0 saturated carbocycles. The Morgan fingerprint density at radius 3 is 2.69 bits per heavy atom. The summed E-state index contributed by atoms with van der Waals surface area (Å²) in [5, 5.41) is 11.8. The highest BCUT2D eigenvalue weighted by Gasteiger charge is 2.09. The number of phenolic OH excluding ortho intramolecular Hbond substituents is 1. The summed E-state index contributed by atoms with van der Waals surface area (Å²) in [5.74, 6) is -0.0766. The summed E-state index contributed by atoms with van der Waals surface area (Å²) in [6.45, 7) is 0. The molecule has 0 heterocycles. The summed E-state index contributed by atoms with van der Waals surface area (Å²) in [6.07, 6.45) is 0. The maximum atomic E-state index is 11.7. The number of guanidine groups is 1. The Morgan fingerprint density at radius 2 is 2.19 bits per heavy atom. The van der Waals surface area contributed by atoms with Crippen molar-refractivity contribution in [2.75, 3.05) is 0 Å². The van der Waals surface area contributed by atoms with Crippen LogP contribution in [0.25, 0.3) is 0 Å². The van der Waals surface area contributed by atoms with Crippen molar-refractivity contribution in [2.24, 2.45) is 4.51 Å². The predicted octanol–water partition coefficient (Wildman–Crippen LogP) is 2.18. The van der Waals surface area contributed by atoms with Crippen molar-refractivity contribution in [3.05, 3.63) is 27.3 Å². The summed E-state index contributed by atoms with van der Waals surface area (Å²) in [4.78, 5) is 11.7. The highest BCUT2D eigenvalue weighted by molar-refractivity contribution is 14.1. The number of hydrogen-bond donors (Lipinski definition) is 3. The van der Waals surface area contributed by atoms with Gasteiger partial charge in [0.05, 0.1) is 26.4 Å². The van der Waals surface area contributed by atoms with Gasteiger partial charge < -0.3 is 5.11 Å². The number of amides is 1. The third-order valence-electron chi connectivity index (χ3n) is 1.62. The Labute approximate surface area is 124 Å². The number of nitrogens with one attached hydrogen (secondary N) is 2. The van der Waals surface area contributed by atoms with Gasteiger partial charge in [-0.1, -0.05) is 0 Å². The molecule has 0 unspecified atom stereocenters. The molecular formula is C8H6ClI2N3O2. The topological polar surface area (TPSA) is 73.7 Å². The molecule has 0 aliphatic rings. The van der Waals surface area contributed by atoms with E-state index in [-0.39, 0.29) is 17.6 Å². The number of aromatic hydroxyl groups is 1. The van der Waals surface area contributed by atoms with Crippen LogP contribution in [0.4, 0.5) is 0 Å². The molecule has 1 aromatic carbocycles. The maximum Gasteiger partial charge on any atom is 0.258 e. The van der Waals surface area contributed by atoms with Gasteiger partial charge >= 0.3 is 0 Å². The number of nitrogens with zero attached hydrogens (tertiary/aromatic N) is 1. The van der Waals surface area contributed by atoms with E-state index in [0.29, 0.717) is 9.13 Å². The maximum absolute atomic E-state index is 11.7. The minimum absolute atomic E-state index is 0.135. The predicted molar refractivity (Wildman–Crippen MR) is 78.7 cm³/mol. The first-order chi connectivity index (χ1) is 7.58. The molecule has 1 rings (SSSR count). The van der Waals surface area contributed by atoms with E-state index in [2.05, 4.69) is 13.4 Å². The summed E-state index contributed by atoms with van der Waals surface area (Å²) in [5.41, 5.74) is 0.409. The number of phenols is 1. The van der Waals surface area contributed by atoms with Crippen molar-refractivity contribution in [1.29, 1.82) is 0 Å². The van der Waals surface area contributed by atoms with Crippen molar-refractivity contribution in [2.45, 2.75) is 0 Å². The van der Waals surface area contributed by atoms with Gasteiger partial charge in [-0.05, 0) is 40.8 Å². The largest absolute Gasteiger partial charge is 0.507 e. The van der Waals surface area contributed by atoms with Crippen molar-refractivity contribution in [3.63, 3.8) is 0 Å². The second kappa shape index (κ2) is 6.45. The second-order valence-electron chi connectivity index (χ2n) is 2.65. The Balaban J connectivity index is 2.85. The van der Waals surface area contributed by atoms with E-state index < -0.39 is 0 Å². The summed E-state index contributed by atoms with van der Waals surface area (Å²) < 4.78 is 6.48. The van der Waals surface area contributed by atoms with Crippen LogP contribution in [0.2, 0.25) is 0 Å². The van der Waals surface area contributed by atoms with E-state index in [4.69, 9.17) is 11.8 Å². The molecule has 0 aromatic heterocycles. The monoisotopic (exact) mass is 465 g/mol. The van der Waals surface area contributed by atoms with Gasteiger partial charge in [-0.15, -0.1) is 4.51 Å². The van der Waals surface area contributed by atoms with E-state index >= 15 is 0 Å². The third-order valence-corrected chi connectivity index (χ3v) is 3.16. The first-order valence-corrected chi connectivity index (χ1v) is 6.43. The van der Waals surface area contributed by atoms with E-state index in [9.17, 15) is 9.90 Å². The van der Waals surface area contributed by atoms with Gasteiger partial charge in [0.15, 0.2) is 0 Å². The lowest BCUT2D eigenvalue weighted by molar-refractivity contribution is 0.0976. The van der Waals surface area contributed by atoms with Crippen LogP contribution in [0.5, 0.6) is 5.75 Å². The molecule has 86 valence electrons. The van der Waals surface area contributed by atoms with Gasteiger partial charge in [0.2, 0.25) is 5.96 Å². The van der Waals surface area contributed by atoms with Crippen molar-refractivity contribution in [1.82, 2.24) is 8.85 Å². The van der Waals surface area contributed by atoms with E-state index in [0.717, 1.165) is 0 Å². The minimum Gasteiger partial charge on any atom is -0.507 e. The zero-order valence-corrected chi connectivity index (χ0v) is 12.7. The minimum atomic E-state index is -0.360. The Bertz CT molecular complexity index is 439. The van der Waals surface area contributed by atoms with E-state index in [1.165, 1.54) is 12.1 Å². The lowest BCUT2D eigenvalue weighted by Crippen LogP contribution is -2.36. The normalized spacial score (nSPS) is 11.1. The molecule has 1 amide bonds. The van der Waals surface area contributed by atoms with Gasteiger partial charge in [-0.2, -0.15) is 0 Å². The second-order valence-corrected chi connectivity index (χ2v) is 4.52. The molecule has 1 aromatic rings. The first-order valence-electron chi connectivity index (χ1n) is 3.94. The van der Waals surface area contributed by atoms with Gasteiger partial charge in [-0.25, -0.2) is 0 Å². The molecule has 0 aliphatic heterocycles. The van der Waals surface area contributed by atoms with Gasteiger partial charge in [0.1, 0.15) is 5.75 Å². The molecule has 8 heteroatoms. The summed E-state index contributed by atoms with van der Waals surface area (Å²) in [6, 6.07) is 4.52. The zero-order valence-electron chi connectivity index (χ0n) is 7.67. The van der Waals surface area contributed by atoms with Crippen LogP contribution in [0.15, 0.2) is 22.7 Å². The molecule has 0 bridgehead atoms. The SMILES string of the molecule is O=C(NC(=NCl)NI)c1ccc(O)c(I)c1. The molecule has 0 spiro atoms. The third kappa shape index (κ3) is 3.63. The average molecular weight is 465 g/mol. The molecule has 0 radical (unpaired) electrons. The quantitative estimate of drug-likeness (QED) is 0.258. The van der Waals surface area contributed by atoms with E-state index in [1.807, 2.05) is 22.6 Å². The fraction of sp³-hybridized carbons (Fsp3) is 0. The number of hydrogen-bond acceptors (Lipinski definition) is 3. The fourth-order valence-electron chi connectivity index (χ4n) is 0.889. The number of halogens is 3. The number of carbonyl (C=O) groups excluding carboxylic acids is 1. The molecule has 3 N–H and O–H groups in total. The molecule has 0 fully saturated rings. The lowest BCUT2D eigenvalue weighted by atomic mass is 10.2. The molecule has 16 heavy (non-hydrogen) atoms. The summed E-state index contributed by atoms with van der Waals surface area (Å²) in [7, 11) is 0. The highest BCUT2D eigenvalue weighted by atomic mass is 127. The van der Waals surface area contributed by atoms with Crippen molar-refractivity contribution < 1.29 is 9.90 Å². The van der Waals surface area contributed by atoms with Crippen LogP contribution in [-0.2, 0) is 0 Å². The van der Waals surface area contributed by atoms with Gasteiger partial charge in [0, 0.05) is 17.3 Å². The van der Waals surface area contributed by atoms with Crippen molar-refractivity contribution in [3.8, 4) is 5.75 Å². The van der Waals surface area contributed by atoms with Gasteiger partial charge in [-0.3, -0.25) is 13.6 Å². The molecule has 0 saturated heterocycles. The first kappa shape index (κ1) is 13.8. The van der Waals surface area contributed by atoms with Crippen LogP contribution >= 0.6 is 57.2 Å². The Kier molecular flexibility index (Phi) is 5.55. The van der Waals surface area contributed by atoms with Crippen LogP contribution in [0.1, 0.15) is 10.4 Å². The van der Waals surface area contributed by atoms with Gasteiger partial charge in [0.25, 0.3) is 5.91 Å². The summed E-state index contributed by atoms with van der Waals surface area (Å²) >= 11 is 8.95. The lowest BCUT2D eigenvalue weighted by Gasteiger charge is -2.06. The molecular weight excluding hydrogens is 459 g/mol.